The first kappa shape index (κ1) is 14.7. The molecule has 22 heavy (non-hydrogen) atoms. The van der Waals surface area contributed by atoms with Gasteiger partial charge in [-0.1, -0.05) is 0 Å². The van der Waals surface area contributed by atoms with E-state index >= 15 is 0 Å². The van der Waals surface area contributed by atoms with Crippen LogP contribution in [-0.2, 0) is 13.1 Å². The Morgan fingerprint density at radius 3 is 0.955 bits per heavy atom. The van der Waals surface area contributed by atoms with E-state index in [4.69, 9.17) is 11.5 Å². The summed E-state index contributed by atoms with van der Waals surface area (Å²) in [7, 11) is 0. The second-order valence-corrected chi connectivity index (χ2v) is 5.56. The van der Waals surface area contributed by atoms with Gasteiger partial charge < -0.3 is 11.5 Å². The summed E-state index contributed by atoms with van der Waals surface area (Å²) in [5.41, 5.74) is 13.0. The molecule has 0 atom stereocenters. The van der Waals surface area contributed by atoms with Gasteiger partial charge in [-0.2, -0.15) is 0 Å². The lowest BCUT2D eigenvalue weighted by atomic mass is 9.74. The quantitative estimate of drug-likeness (QED) is 0.838. The van der Waals surface area contributed by atoms with Gasteiger partial charge in [0.1, 0.15) is 0 Å². The first-order chi connectivity index (χ1) is 10.5. The number of nitrogens with two attached hydrogens (primary N) is 2. The van der Waals surface area contributed by atoms with Crippen molar-refractivity contribution in [1.29, 1.82) is 0 Å². The van der Waals surface area contributed by atoms with Crippen molar-refractivity contribution in [2.45, 2.75) is 38.8 Å². The summed E-state index contributed by atoms with van der Waals surface area (Å²) < 4.78 is 0. The van der Waals surface area contributed by atoms with Crippen LogP contribution in [-0.4, -0.2) is 23.1 Å². The summed E-state index contributed by atoms with van der Waals surface area (Å²) in [6.07, 6.45) is 0.404. The molecular formula is C16H16N2O4. The largest absolute Gasteiger partial charge is 0.326 e. The molecule has 2 aliphatic carbocycles. The smallest absolute Gasteiger partial charge is 0.164 e. The molecule has 3 rings (SSSR count). The molecule has 1 aromatic rings. The number of hydrogen-bond acceptors (Lipinski definition) is 6. The molecule has 0 saturated carbocycles. The van der Waals surface area contributed by atoms with Crippen LogP contribution in [0, 0.1) is 0 Å². The summed E-state index contributed by atoms with van der Waals surface area (Å²) in [5.74, 6) is -0.839. The molecule has 0 aromatic heterocycles. The van der Waals surface area contributed by atoms with E-state index in [-0.39, 0.29) is 84.2 Å². The minimum Gasteiger partial charge on any atom is -0.326 e. The second-order valence-electron chi connectivity index (χ2n) is 5.56. The molecule has 0 spiro atoms. The number of Topliss-reactive ketones (excluding diaryl/α,β-unsaturated/α-hetero) is 4. The van der Waals surface area contributed by atoms with E-state index < -0.39 is 0 Å². The number of carbonyl (C=O) groups is 4. The monoisotopic (exact) mass is 300 g/mol. The van der Waals surface area contributed by atoms with Crippen molar-refractivity contribution < 1.29 is 19.2 Å². The van der Waals surface area contributed by atoms with E-state index in [0.29, 0.717) is 11.1 Å². The average Bonchev–Trinajstić information content (AvgIpc) is 2.52. The van der Waals surface area contributed by atoms with Gasteiger partial charge in [-0.05, 0) is 11.1 Å². The highest BCUT2D eigenvalue weighted by atomic mass is 16.1. The van der Waals surface area contributed by atoms with Gasteiger partial charge >= 0.3 is 0 Å². The molecule has 6 nitrogen and oxygen atoms in total. The van der Waals surface area contributed by atoms with Crippen molar-refractivity contribution in [3.8, 4) is 0 Å². The number of fused-ring (bicyclic) bond motifs is 2. The van der Waals surface area contributed by atoms with Crippen LogP contribution in [0.25, 0.3) is 0 Å². The van der Waals surface area contributed by atoms with E-state index in [1.54, 1.807) is 0 Å². The summed E-state index contributed by atoms with van der Waals surface area (Å²) >= 11 is 0. The molecule has 0 heterocycles. The third-order valence-electron chi connectivity index (χ3n) is 4.39. The standard InChI is InChI=1S/C16H16N2O4/c17-5-7-13-9(19)1-2-10(20)14(13)8(6-18)16-12(22)4-3-11(21)15(7)16/h1-6,17-18H2. The van der Waals surface area contributed by atoms with E-state index in [1.807, 2.05) is 0 Å². The highest BCUT2D eigenvalue weighted by Crippen LogP contribution is 2.37. The Hall–Kier alpha value is -2.18. The predicted molar refractivity (Wildman–Crippen MR) is 78.0 cm³/mol. The summed E-state index contributed by atoms with van der Waals surface area (Å²) in [4.78, 5) is 49.2. The maximum atomic E-state index is 12.3. The summed E-state index contributed by atoms with van der Waals surface area (Å²) in [6, 6.07) is 0. The lowest BCUT2D eigenvalue weighted by molar-refractivity contribution is 0.0875. The van der Waals surface area contributed by atoms with Crippen molar-refractivity contribution in [2.75, 3.05) is 0 Å². The highest BCUT2D eigenvalue weighted by Gasteiger charge is 2.37. The normalized spacial score (nSPS) is 17.5. The Kier molecular flexibility index (Phi) is 3.50. The van der Waals surface area contributed by atoms with Crippen molar-refractivity contribution in [3.05, 3.63) is 33.4 Å². The molecule has 0 fully saturated rings. The number of carbonyl (C=O) groups excluding carboxylic acids is 4. The van der Waals surface area contributed by atoms with Gasteiger partial charge in [0.2, 0.25) is 0 Å². The van der Waals surface area contributed by atoms with Crippen LogP contribution < -0.4 is 11.5 Å². The maximum Gasteiger partial charge on any atom is 0.164 e. The number of hydrogen-bond donors (Lipinski definition) is 2. The van der Waals surface area contributed by atoms with Crippen molar-refractivity contribution >= 4 is 23.1 Å². The van der Waals surface area contributed by atoms with Crippen LogP contribution in [0.3, 0.4) is 0 Å². The average molecular weight is 300 g/mol. The highest BCUT2D eigenvalue weighted by molar-refractivity contribution is 6.22. The lowest BCUT2D eigenvalue weighted by Gasteiger charge is -2.27. The van der Waals surface area contributed by atoms with E-state index in [0.717, 1.165) is 0 Å². The number of rotatable bonds is 2. The SMILES string of the molecule is NCc1c2c(c(CN)c3c1C(=O)CCC3=O)C(=O)CCC2=O. The fourth-order valence-electron chi connectivity index (χ4n) is 3.45. The Balaban J connectivity index is 2.51. The molecule has 4 N–H and O–H groups in total. The minimum atomic E-state index is -0.210. The lowest BCUT2D eigenvalue weighted by Crippen LogP contribution is -2.31. The molecule has 1 aromatic carbocycles. The Morgan fingerprint density at radius 1 is 0.545 bits per heavy atom. The second kappa shape index (κ2) is 5.23. The zero-order valence-corrected chi connectivity index (χ0v) is 12.0. The molecule has 0 aliphatic heterocycles. The molecule has 0 unspecified atom stereocenters. The molecular weight excluding hydrogens is 284 g/mol. The summed E-state index contributed by atoms with van der Waals surface area (Å²) in [5, 5.41) is 0. The van der Waals surface area contributed by atoms with Crippen LogP contribution in [0.4, 0.5) is 0 Å². The fourth-order valence-corrected chi connectivity index (χ4v) is 3.45. The van der Waals surface area contributed by atoms with Gasteiger partial charge in [0.25, 0.3) is 0 Å². The summed E-state index contributed by atoms with van der Waals surface area (Å²) in [6.45, 7) is -0.124. The third-order valence-corrected chi connectivity index (χ3v) is 4.39. The molecule has 0 bridgehead atoms. The van der Waals surface area contributed by atoms with Gasteiger partial charge in [0, 0.05) is 61.0 Å². The van der Waals surface area contributed by atoms with Crippen LogP contribution in [0.5, 0.6) is 0 Å². The Labute approximate surface area is 126 Å². The van der Waals surface area contributed by atoms with Crippen molar-refractivity contribution in [1.82, 2.24) is 0 Å². The van der Waals surface area contributed by atoms with Gasteiger partial charge in [-0.3, -0.25) is 19.2 Å². The maximum absolute atomic E-state index is 12.3. The predicted octanol–water partition coefficient (Wildman–Crippen LogP) is 0.922. The molecule has 2 aliphatic rings. The number of benzene rings is 1. The first-order valence-corrected chi connectivity index (χ1v) is 7.25. The van der Waals surface area contributed by atoms with Crippen LogP contribution in [0.1, 0.15) is 78.2 Å². The molecule has 6 heteroatoms. The number of ketones is 4. The van der Waals surface area contributed by atoms with Crippen molar-refractivity contribution in [3.63, 3.8) is 0 Å². The Morgan fingerprint density at radius 2 is 0.773 bits per heavy atom. The van der Waals surface area contributed by atoms with Crippen LogP contribution in [0.2, 0.25) is 0 Å². The Bertz CT molecular complexity index is 629. The van der Waals surface area contributed by atoms with Crippen LogP contribution >= 0.6 is 0 Å². The van der Waals surface area contributed by atoms with Gasteiger partial charge in [-0.15, -0.1) is 0 Å². The molecule has 114 valence electrons. The molecule has 0 saturated heterocycles. The topological polar surface area (TPSA) is 120 Å². The molecule has 0 amide bonds. The molecule has 0 radical (unpaired) electrons. The van der Waals surface area contributed by atoms with Crippen molar-refractivity contribution in [2.24, 2.45) is 11.5 Å². The fraction of sp³-hybridized carbons (Fsp3) is 0.375. The minimum absolute atomic E-state index is 0.0619. The van der Waals surface area contributed by atoms with Gasteiger partial charge in [0.05, 0.1) is 0 Å². The van der Waals surface area contributed by atoms with Gasteiger partial charge in [-0.25, -0.2) is 0 Å². The van der Waals surface area contributed by atoms with E-state index in [2.05, 4.69) is 0 Å². The van der Waals surface area contributed by atoms with E-state index in [9.17, 15) is 19.2 Å². The first-order valence-electron chi connectivity index (χ1n) is 7.25. The van der Waals surface area contributed by atoms with E-state index in [1.165, 1.54) is 0 Å². The zero-order chi connectivity index (χ0) is 16.0. The van der Waals surface area contributed by atoms with Gasteiger partial charge in [0.15, 0.2) is 23.1 Å². The zero-order valence-electron chi connectivity index (χ0n) is 12.0. The van der Waals surface area contributed by atoms with Crippen LogP contribution in [0.15, 0.2) is 0 Å². The third kappa shape index (κ3) is 1.88.